The van der Waals surface area contributed by atoms with Crippen LogP contribution in [-0.4, -0.2) is 31.7 Å². The van der Waals surface area contributed by atoms with Gasteiger partial charge < -0.3 is 4.74 Å². The van der Waals surface area contributed by atoms with Gasteiger partial charge in [-0.05, 0) is 42.0 Å². The monoisotopic (exact) mass is 401 g/mol. The number of hydrogen-bond acceptors (Lipinski definition) is 5. The zero-order valence-electron chi connectivity index (χ0n) is 14.1. The first-order valence-electron chi connectivity index (χ1n) is 7.96. The average Bonchev–Trinajstić information content (AvgIpc) is 3.11. The molecule has 136 valence electrons. The van der Waals surface area contributed by atoms with Crippen LogP contribution < -0.4 is 10.3 Å². The van der Waals surface area contributed by atoms with Crippen LogP contribution in [0, 0.1) is 0 Å². The average molecular weight is 402 g/mol. The fourth-order valence-electron chi connectivity index (χ4n) is 2.69. The molecule has 27 heavy (non-hydrogen) atoms. The lowest BCUT2D eigenvalue weighted by molar-refractivity contribution is 0.414. The summed E-state index contributed by atoms with van der Waals surface area (Å²) >= 11 is 12.1. The predicted octanol–water partition coefficient (Wildman–Crippen LogP) is 3.34. The van der Waals surface area contributed by atoms with Gasteiger partial charge in [0.2, 0.25) is 0 Å². The fraction of sp³-hybridized carbons (Fsp3) is 0.111. The van der Waals surface area contributed by atoms with E-state index >= 15 is 0 Å². The number of nitrogens with zero attached hydrogens (tertiary/aromatic N) is 5. The van der Waals surface area contributed by atoms with Crippen LogP contribution >= 0.6 is 23.2 Å². The van der Waals surface area contributed by atoms with E-state index in [1.165, 1.54) is 15.6 Å². The van der Waals surface area contributed by atoms with Crippen molar-refractivity contribution >= 4 is 34.4 Å². The molecule has 0 radical (unpaired) electrons. The third-order valence-electron chi connectivity index (χ3n) is 4.10. The Morgan fingerprint density at radius 3 is 2.59 bits per heavy atom. The number of ether oxygens (including phenoxy) is 1. The largest absolute Gasteiger partial charge is 0.497 e. The van der Waals surface area contributed by atoms with Crippen molar-refractivity contribution in [3.05, 3.63) is 74.8 Å². The van der Waals surface area contributed by atoms with Crippen molar-refractivity contribution in [2.75, 3.05) is 7.11 Å². The second-order valence-corrected chi connectivity index (χ2v) is 6.63. The molecule has 0 bridgehead atoms. The van der Waals surface area contributed by atoms with Crippen molar-refractivity contribution in [3.8, 4) is 11.4 Å². The van der Waals surface area contributed by atoms with Crippen LogP contribution in [0.3, 0.4) is 0 Å². The van der Waals surface area contributed by atoms with Crippen LogP contribution in [0.4, 0.5) is 0 Å². The van der Waals surface area contributed by atoms with Crippen LogP contribution in [0.15, 0.2) is 53.6 Å². The highest BCUT2D eigenvalue weighted by Gasteiger charge is 2.14. The van der Waals surface area contributed by atoms with Crippen molar-refractivity contribution < 1.29 is 4.74 Å². The minimum absolute atomic E-state index is 0.179. The summed E-state index contributed by atoms with van der Waals surface area (Å²) in [6.07, 6.45) is 1.46. The zero-order valence-corrected chi connectivity index (χ0v) is 15.6. The SMILES string of the molecule is COc1ccc(-n2nnc3c(=O)n(Cc4ccc(Cl)cc4Cl)cnc32)cc1. The van der Waals surface area contributed by atoms with Gasteiger partial charge in [-0.1, -0.05) is 34.5 Å². The molecular formula is C18H13Cl2N5O2. The number of hydrogen-bond donors (Lipinski definition) is 0. The Morgan fingerprint density at radius 1 is 1.11 bits per heavy atom. The lowest BCUT2D eigenvalue weighted by Crippen LogP contribution is -2.21. The maximum absolute atomic E-state index is 12.8. The molecule has 4 aromatic rings. The Balaban J connectivity index is 1.74. The Bertz CT molecular complexity index is 1180. The van der Waals surface area contributed by atoms with Gasteiger partial charge in [-0.15, -0.1) is 5.10 Å². The van der Waals surface area contributed by atoms with E-state index in [9.17, 15) is 4.79 Å². The smallest absolute Gasteiger partial charge is 0.283 e. The Hall–Kier alpha value is -2.90. The topological polar surface area (TPSA) is 74.8 Å². The van der Waals surface area contributed by atoms with Crippen molar-refractivity contribution in [3.63, 3.8) is 0 Å². The number of halogens is 2. The van der Waals surface area contributed by atoms with Gasteiger partial charge in [-0.3, -0.25) is 9.36 Å². The molecule has 2 aromatic heterocycles. The van der Waals surface area contributed by atoms with Gasteiger partial charge in [0.25, 0.3) is 5.56 Å². The molecule has 0 unspecified atom stereocenters. The predicted molar refractivity (Wildman–Crippen MR) is 103 cm³/mol. The highest BCUT2D eigenvalue weighted by Crippen LogP contribution is 2.22. The van der Waals surface area contributed by atoms with Gasteiger partial charge in [0.1, 0.15) is 12.1 Å². The standard InChI is InChI=1S/C18H13Cl2N5O2/c1-27-14-6-4-13(5-7-14)25-17-16(22-23-25)18(26)24(10-21-17)9-11-2-3-12(19)8-15(11)20/h2-8,10H,9H2,1H3. The first-order valence-corrected chi connectivity index (χ1v) is 8.71. The summed E-state index contributed by atoms with van der Waals surface area (Å²) in [4.78, 5) is 17.1. The van der Waals surface area contributed by atoms with E-state index < -0.39 is 0 Å². The first-order chi connectivity index (χ1) is 13.1. The quantitative estimate of drug-likeness (QED) is 0.524. The highest BCUT2D eigenvalue weighted by molar-refractivity contribution is 6.35. The molecule has 2 heterocycles. The van der Waals surface area contributed by atoms with Crippen LogP contribution in [0.2, 0.25) is 10.0 Å². The molecule has 0 spiro atoms. The number of aromatic nitrogens is 5. The maximum atomic E-state index is 12.8. The number of rotatable bonds is 4. The molecule has 0 aliphatic carbocycles. The normalized spacial score (nSPS) is 11.1. The second kappa shape index (κ2) is 7.02. The van der Waals surface area contributed by atoms with Crippen molar-refractivity contribution in [1.82, 2.24) is 24.5 Å². The van der Waals surface area contributed by atoms with E-state index in [1.807, 2.05) is 12.1 Å². The van der Waals surface area contributed by atoms with Crippen LogP contribution in [0.5, 0.6) is 5.75 Å². The Labute approximate surface area is 163 Å². The van der Waals surface area contributed by atoms with E-state index in [1.54, 1.807) is 37.4 Å². The zero-order chi connectivity index (χ0) is 19.0. The molecule has 9 heteroatoms. The molecule has 0 aliphatic rings. The van der Waals surface area contributed by atoms with E-state index in [0.717, 1.165) is 17.0 Å². The summed E-state index contributed by atoms with van der Waals surface area (Å²) in [6, 6.07) is 12.4. The molecule has 0 saturated heterocycles. The summed E-state index contributed by atoms with van der Waals surface area (Å²) in [7, 11) is 1.59. The Kier molecular flexibility index (Phi) is 4.55. The summed E-state index contributed by atoms with van der Waals surface area (Å²) in [5, 5.41) is 9.09. The molecule has 7 nitrogen and oxygen atoms in total. The third kappa shape index (κ3) is 3.27. The van der Waals surface area contributed by atoms with Gasteiger partial charge >= 0.3 is 0 Å². The van der Waals surface area contributed by atoms with Crippen molar-refractivity contribution in [2.45, 2.75) is 6.54 Å². The van der Waals surface area contributed by atoms with E-state index in [2.05, 4.69) is 15.3 Å². The molecular weight excluding hydrogens is 389 g/mol. The van der Waals surface area contributed by atoms with Crippen molar-refractivity contribution in [1.29, 1.82) is 0 Å². The maximum Gasteiger partial charge on any atom is 0.283 e. The van der Waals surface area contributed by atoms with Gasteiger partial charge in [-0.2, -0.15) is 4.68 Å². The Morgan fingerprint density at radius 2 is 1.89 bits per heavy atom. The van der Waals surface area contributed by atoms with Gasteiger partial charge in [-0.25, -0.2) is 4.98 Å². The van der Waals surface area contributed by atoms with Gasteiger partial charge in [0.15, 0.2) is 11.2 Å². The van der Waals surface area contributed by atoms with Crippen LogP contribution in [0.25, 0.3) is 16.9 Å². The van der Waals surface area contributed by atoms with Gasteiger partial charge in [0.05, 0.1) is 19.3 Å². The molecule has 4 rings (SSSR count). The minimum atomic E-state index is -0.300. The van der Waals surface area contributed by atoms with E-state index in [4.69, 9.17) is 27.9 Å². The molecule has 2 aromatic carbocycles. The molecule has 0 atom stereocenters. The molecule has 0 saturated carbocycles. The van der Waals surface area contributed by atoms with E-state index in [-0.39, 0.29) is 17.6 Å². The number of fused-ring (bicyclic) bond motifs is 1. The van der Waals surface area contributed by atoms with Crippen LogP contribution in [-0.2, 0) is 6.54 Å². The molecule has 0 amide bonds. The van der Waals surface area contributed by atoms with Crippen LogP contribution in [0.1, 0.15) is 5.56 Å². The summed E-state index contributed by atoms with van der Waals surface area (Å²) in [5.41, 5.74) is 1.74. The third-order valence-corrected chi connectivity index (χ3v) is 4.69. The number of methoxy groups -OCH3 is 1. The molecule has 0 fully saturated rings. The summed E-state index contributed by atoms with van der Waals surface area (Å²) in [6.45, 7) is 0.257. The highest BCUT2D eigenvalue weighted by atomic mass is 35.5. The van der Waals surface area contributed by atoms with E-state index in [0.29, 0.717) is 15.7 Å². The second-order valence-electron chi connectivity index (χ2n) is 5.78. The summed E-state index contributed by atoms with van der Waals surface area (Å²) < 4.78 is 8.09. The fourth-order valence-corrected chi connectivity index (χ4v) is 3.16. The van der Waals surface area contributed by atoms with Gasteiger partial charge in [0, 0.05) is 10.0 Å². The van der Waals surface area contributed by atoms with Crippen molar-refractivity contribution in [2.24, 2.45) is 0 Å². The minimum Gasteiger partial charge on any atom is -0.497 e. The molecule has 0 N–H and O–H groups in total. The number of benzene rings is 2. The lowest BCUT2D eigenvalue weighted by atomic mass is 10.2. The lowest BCUT2D eigenvalue weighted by Gasteiger charge is -2.08. The first kappa shape index (κ1) is 17.5. The molecule has 0 aliphatic heterocycles. The summed E-state index contributed by atoms with van der Waals surface area (Å²) in [5.74, 6) is 0.721.